The van der Waals surface area contributed by atoms with Gasteiger partial charge in [-0.25, -0.2) is 0 Å². The van der Waals surface area contributed by atoms with Crippen molar-refractivity contribution in [2.24, 2.45) is 5.41 Å². The first-order valence-electron chi connectivity index (χ1n) is 6.12. The van der Waals surface area contributed by atoms with Crippen LogP contribution in [0.4, 0.5) is 0 Å². The Morgan fingerprint density at radius 2 is 2.21 bits per heavy atom. The second-order valence-corrected chi connectivity index (χ2v) is 5.53. The lowest BCUT2D eigenvalue weighted by molar-refractivity contribution is -0.185. The van der Waals surface area contributed by atoms with Gasteiger partial charge in [0.25, 0.3) is 0 Å². The van der Waals surface area contributed by atoms with Crippen LogP contribution in [0.5, 0.6) is 0 Å². The minimum absolute atomic E-state index is 0.0584. The molecule has 0 bridgehead atoms. The Balaban J connectivity index is 1.99. The van der Waals surface area contributed by atoms with Gasteiger partial charge in [-0.15, -0.1) is 0 Å². The zero-order valence-electron chi connectivity index (χ0n) is 11.0. The second-order valence-electron chi connectivity index (χ2n) is 5.53. The van der Waals surface area contributed by atoms with E-state index in [1.54, 1.807) is 0 Å². The third-order valence-corrected chi connectivity index (χ3v) is 3.56. The highest BCUT2D eigenvalue weighted by Gasteiger charge is 2.53. The van der Waals surface area contributed by atoms with Gasteiger partial charge in [0, 0.05) is 23.9 Å². The lowest BCUT2D eigenvalue weighted by atomic mass is 9.83. The van der Waals surface area contributed by atoms with Crippen LogP contribution in [0, 0.1) is 5.41 Å². The number of rotatable bonds is 5. The van der Waals surface area contributed by atoms with E-state index in [0.29, 0.717) is 6.54 Å². The lowest BCUT2D eigenvalue weighted by Gasteiger charge is -2.36. The molecule has 1 aliphatic heterocycles. The molecular weight excluding hydrogens is 248 g/mol. The number of aliphatic carboxylic acids is 1. The van der Waals surface area contributed by atoms with E-state index in [1.807, 2.05) is 32.2 Å². The minimum Gasteiger partial charge on any atom is -0.480 e. The van der Waals surface area contributed by atoms with Crippen molar-refractivity contribution in [3.05, 3.63) is 24.0 Å². The van der Waals surface area contributed by atoms with Crippen LogP contribution < -0.4 is 5.32 Å². The number of ether oxygens (including phenoxy) is 1. The zero-order valence-corrected chi connectivity index (χ0v) is 11.0. The molecule has 0 aromatic carbocycles. The number of carboxylic acids is 1. The van der Waals surface area contributed by atoms with Gasteiger partial charge in [0.15, 0.2) is 5.41 Å². The van der Waals surface area contributed by atoms with Gasteiger partial charge in [-0.05, 0) is 12.1 Å². The van der Waals surface area contributed by atoms with Gasteiger partial charge >= 0.3 is 5.97 Å². The summed E-state index contributed by atoms with van der Waals surface area (Å²) in [6.45, 7) is 4.20. The number of carbonyl (C=O) groups is 2. The molecule has 0 unspecified atom stereocenters. The van der Waals surface area contributed by atoms with Gasteiger partial charge in [-0.3, -0.25) is 9.59 Å². The van der Waals surface area contributed by atoms with Gasteiger partial charge < -0.3 is 20.1 Å². The van der Waals surface area contributed by atoms with Crippen LogP contribution in [0.15, 0.2) is 18.3 Å². The third-order valence-electron chi connectivity index (χ3n) is 3.56. The first-order chi connectivity index (χ1) is 8.88. The molecule has 0 saturated carbocycles. The lowest BCUT2D eigenvalue weighted by Crippen LogP contribution is -2.60. The highest BCUT2D eigenvalue weighted by Crippen LogP contribution is 2.28. The van der Waals surface area contributed by atoms with Crippen LogP contribution in [0.2, 0.25) is 0 Å². The van der Waals surface area contributed by atoms with Crippen LogP contribution in [-0.4, -0.2) is 41.7 Å². The summed E-state index contributed by atoms with van der Waals surface area (Å²) < 4.78 is 4.88. The van der Waals surface area contributed by atoms with E-state index in [9.17, 15) is 9.59 Å². The molecule has 1 aliphatic rings. The molecule has 1 amide bonds. The maximum absolute atomic E-state index is 12.0. The van der Waals surface area contributed by atoms with Crippen molar-refractivity contribution >= 4 is 11.9 Å². The van der Waals surface area contributed by atoms with E-state index >= 15 is 0 Å². The fourth-order valence-corrected chi connectivity index (χ4v) is 1.97. The molecule has 1 fully saturated rings. The smallest absolute Gasteiger partial charge is 0.324 e. The fraction of sp³-hybridized carbons (Fsp3) is 0.538. The molecule has 1 aromatic heterocycles. The summed E-state index contributed by atoms with van der Waals surface area (Å²) in [6.07, 6.45) is 1.82. The van der Waals surface area contributed by atoms with Gasteiger partial charge in [0.2, 0.25) is 5.91 Å². The Morgan fingerprint density at radius 1 is 1.53 bits per heavy atom. The number of amides is 1. The number of aromatic amines is 1. The molecule has 19 heavy (non-hydrogen) atoms. The van der Waals surface area contributed by atoms with Crippen molar-refractivity contribution in [1.29, 1.82) is 0 Å². The average molecular weight is 266 g/mol. The Kier molecular flexibility index (Phi) is 3.36. The minimum atomic E-state index is -1.41. The summed E-state index contributed by atoms with van der Waals surface area (Å²) >= 11 is 0. The number of aromatic nitrogens is 1. The van der Waals surface area contributed by atoms with E-state index in [-0.39, 0.29) is 18.6 Å². The van der Waals surface area contributed by atoms with Gasteiger partial charge in [-0.2, -0.15) is 0 Å². The Bertz CT molecular complexity index is 475. The monoisotopic (exact) mass is 266 g/mol. The first-order valence-corrected chi connectivity index (χ1v) is 6.12. The normalized spacial score (nSPS) is 17.6. The van der Waals surface area contributed by atoms with Crippen molar-refractivity contribution in [2.75, 3.05) is 19.8 Å². The number of hydrogen-bond donors (Lipinski definition) is 3. The third kappa shape index (κ3) is 2.35. The Hall–Kier alpha value is -1.82. The summed E-state index contributed by atoms with van der Waals surface area (Å²) in [6, 6.07) is 3.82. The number of hydrogen-bond acceptors (Lipinski definition) is 3. The van der Waals surface area contributed by atoms with E-state index in [0.717, 1.165) is 5.69 Å². The van der Waals surface area contributed by atoms with E-state index in [4.69, 9.17) is 9.84 Å². The molecule has 104 valence electrons. The number of H-pyrrole nitrogens is 1. The average Bonchev–Trinajstić information content (AvgIpc) is 2.78. The molecule has 0 aliphatic carbocycles. The fourth-order valence-electron chi connectivity index (χ4n) is 1.97. The summed E-state index contributed by atoms with van der Waals surface area (Å²) in [5.74, 6) is -1.61. The topological polar surface area (TPSA) is 91.4 Å². The van der Waals surface area contributed by atoms with Gasteiger partial charge in [0.05, 0.1) is 13.2 Å². The number of nitrogens with one attached hydrogen (secondary N) is 2. The van der Waals surface area contributed by atoms with Crippen molar-refractivity contribution in [3.8, 4) is 0 Å². The number of carboxylic acid groups (broad SMARTS) is 1. The van der Waals surface area contributed by atoms with Gasteiger partial charge in [0.1, 0.15) is 0 Å². The summed E-state index contributed by atoms with van der Waals surface area (Å²) in [5.41, 5.74) is -0.711. The maximum atomic E-state index is 12.0. The van der Waals surface area contributed by atoms with Gasteiger partial charge in [-0.1, -0.05) is 13.8 Å². The highest BCUT2D eigenvalue weighted by molar-refractivity contribution is 6.03. The second kappa shape index (κ2) is 4.70. The van der Waals surface area contributed by atoms with Crippen LogP contribution in [0.1, 0.15) is 19.5 Å². The molecule has 3 N–H and O–H groups in total. The van der Waals surface area contributed by atoms with E-state index < -0.39 is 17.3 Å². The van der Waals surface area contributed by atoms with Crippen molar-refractivity contribution in [1.82, 2.24) is 10.3 Å². The number of carbonyl (C=O) groups excluding carboxylic acids is 1. The van der Waals surface area contributed by atoms with E-state index in [1.165, 1.54) is 0 Å². The zero-order chi connectivity index (χ0) is 14.1. The Morgan fingerprint density at radius 3 is 2.63 bits per heavy atom. The van der Waals surface area contributed by atoms with Crippen LogP contribution >= 0.6 is 0 Å². The molecule has 1 saturated heterocycles. The van der Waals surface area contributed by atoms with Crippen molar-refractivity contribution < 1.29 is 19.4 Å². The Labute approximate surface area is 111 Å². The van der Waals surface area contributed by atoms with Crippen molar-refractivity contribution in [2.45, 2.75) is 19.3 Å². The van der Waals surface area contributed by atoms with Crippen LogP contribution in [-0.2, 0) is 19.7 Å². The molecule has 2 heterocycles. The molecule has 0 radical (unpaired) electrons. The summed E-state index contributed by atoms with van der Waals surface area (Å²) in [7, 11) is 0. The largest absolute Gasteiger partial charge is 0.480 e. The molecule has 6 heteroatoms. The highest BCUT2D eigenvalue weighted by atomic mass is 16.5. The summed E-state index contributed by atoms with van der Waals surface area (Å²) in [4.78, 5) is 26.3. The van der Waals surface area contributed by atoms with E-state index in [2.05, 4.69) is 10.3 Å². The predicted molar refractivity (Wildman–Crippen MR) is 67.7 cm³/mol. The first kappa shape index (κ1) is 13.6. The molecule has 0 spiro atoms. The SMILES string of the molecule is CC(C)(CNC(=O)C1(C(=O)O)COC1)c1ccc[nH]1. The maximum Gasteiger partial charge on any atom is 0.324 e. The molecule has 2 rings (SSSR count). The quantitative estimate of drug-likeness (QED) is 0.677. The molecular formula is C13H18N2O4. The molecule has 1 aromatic rings. The standard InChI is InChI=1S/C13H18N2O4/c1-12(2,9-4-3-5-14-9)6-15-10(16)13(11(17)18)7-19-8-13/h3-5,14H,6-8H2,1-2H3,(H,15,16)(H,17,18). The molecule has 6 nitrogen and oxygen atoms in total. The van der Waals surface area contributed by atoms with Crippen molar-refractivity contribution in [3.63, 3.8) is 0 Å². The van der Waals surface area contributed by atoms with Crippen LogP contribution in [0.25, 0.3) is 0 Å². The molecule has 0 atom stereocenters. The van der Waals surface area contributed by atoms with Crippen LogP contribution in [0.3, 0.4) is 0 Å². The summed E-state index contributed by atoms with van der Waals surface area (Å²) in [5, 5.41) is 11.8. The predicted octanol–water partition coefficient (Wildman–Crippen LogP) is 0.510.